The summed E-state index contributed by atoms with van der Waals surface area (Å²) in [6.07, 6.45) is 5.27. The molecule has 0 aliphatic carbocycles. The maximum Gasteiger partial charge on any atom is 0.236 e. The number of nitrogens with one attached hydrogen (secondary N) is 1. The average Bonchev–Trinajstić information content (AvgIpc) is 2.82. The first-order valence-corrected chi connectivity index (χ1v) is 6.07. The van der Waals surface area contributed by atoms with Gasteiger partial charge in [-0.2, -0.15) is 0 Å². The smallest absolute Gasteiger partial charge is 0.236 e. The molecule has 6 nitrogen and oxygen atoms in total. The Bertz CT molecular complexity index is 585. The molecule has 0 radical (unpaired) electrons. The third kappa shape index (κ3) is 4.70. The Kier molecular flexibility index (Phi) is 7.94. The number of hydrogen-bond acceptors (Lipinski definition) is 4. The molecule has 0 aliphatic rings. The molecule has 21 heavy (non-hydrogen) atoms. The van der Waals surface area contributed by atoms with Gasteiger partial charge in [0.25, 0.3) is 0 Å². The van der Waals surface area contributed by atoms with E-state index in [1.807, 2.05) is 29.8 Å². The molecule has 2 aromatic heterocycles. The Morgan fingerprint density at radius 2 is 2.10 bits per heavy atom. The lowest BCUT2D eigenvalue weighted by atomic mass is 10.2. The Hall–Kier alpha value is -1.63. The highest BCUT2D eigenvalue weighted by Gasteiger charge is 2.11. The van der Waals surface area contributed by atoms with Gasteiger partial charge in [-0.15, -0.1) is 24.8 Å². The lowest BCUT2D eigenvalue weighted by Crippen LogP contribution is -2.38. The van der Waals surface area contributed by atoms with E-state index < -0.39 is 6.04 Å². The first-order valence-electron chi connectivity index (χ1n) is 6.07. The quantitative estimate of drug-likeness (QED) is 0.886. The SMILES string of the molecule is Cc1nccn1-c1ncccc1CNC(=O)[C@@H](C)N.Cl.Cl. The monoisotopic (exact) mass is 331 g/mol. The van der Waals surface area contributed by atoms with E-state index in [1.54, 1.807) is 19.3 Å². The van der Waals surface area contributed by atoms with E-state index in [1.165, 1.54) is 0 Å². The highest BCUT2D eigenvalue weighted by molar-refractivity contribution is 5.85. The van der Waals surface area contributed by atoms with E-state index in [0.29, 0.717) is 6.54 Å². The molecule has 116 valence electrons. The largest absolute Gasteiger partial charge is 0.351 e. The Morgan fingerprint density at radius 1 is 1.38 bits per heavy atom. The van der Waals surface area contributed by atoms with Gasteiger partial charge in [0.1, 0.15) is 11.6 Å². The summed E-state index contributed by atoms with van der Waals surface area (Å²) in [5, 5.41) is 2.78. The number of carbonyl (C=O) groups excluding carboxylic acids is 1. The predicted molar refractivity (Wildman–Crippen MR) is 86.1 cm³/mol. The van der Waals surface area contributed by atoms with Gasteiger partial charge in [-0.3, -0.25) is 9.36 Å². The van der Waals surface area contributed by atoms with Crippen molar-refractivity contribution in [2.45, 2.75) is 26.4 Å². The van der Waals surface area contributed by atoms with E-state index in [-0.39, 0.29) is 30.7 Å². The summed E-state index contributed by atoms with van der Waals surface area (Å²) in [5.41, 5.74) is 6.43. The molecule has 0 saturated carbocycles. The Balaban J connectivity index is 0.00000200. The number of carbonyl (C=O) groups is 1. The van der Waals surface area contributed by atoms with Gasteiger partial charge in [-0.1, -0.05) is 6.07 Å². The second kappa shape index (κ2) is 8.61. The molecular formula is C13H19Cl2N5O. The van der Waals surface area contributed by atoms with Crippen molar-refractivity contribution in [2.24, 2.45) is 5.73 Å². The van der Waals surface area contributed by atoms with Crippen LogP contribution in [0.2, 0.25) is 0 Å². The van der Waals surface area contributed by atoms with Crippen molar-refractivity contribution in [1.82, 2.24) is 19.9 Å². The topological polar surface area (TPSA) is 85.8 Å². The molecular weight excluding hydrogens is 313 g/mol. The van der Waals surface area contributed by atoms with Crippen LogP contribution in [0.25, 0.3) is 5.82 Å². The van der Waals surface area contributed by atoms with Crippen molar-refractivity contribution in [3.8, 4) is 5.82 Å². The minimum atomic E-state index is -0.518. The van der Waals surface area contributed by atoms with Crippen LogP contribution in [-0.4, -0.2) is 26.5 Å². The highest BCUT2D eigenvalue weighted by atomic mass is 35.5. The maximum atomic E-state index is 11.5. The maximum absolute atomic E-state index is 11.5. The molecule has 0 bridgehead atoms. The van der Waals surface area contributed by atoms with Gasteiger partial charge >= 0.3 is 0 Å². The van der Waals surface area contributed by atoms with E-state index >= 15 is 0 Å². The molecule has 3 N–H and O–H groups in total. The molecule has 0 saturated heterocycles. The van der Waals surface area contributed by atoms with Crippen LogP contribution >= 0.6 is 24.8 Å². The van der Waals surface area contributed by atoms with Gasteiger partial charge in [-0.25, -0.2) is 9.97 Å². The van der Waals surface area contributed by atoms with Crippen LogP contribution in [-0.2, 0) is 11.3 Å². The number of aromatic nitrogens is 3. The first kappa shape index (κ1) is 19.4. The molecule has 0 fully saturated rings. The molecule has 0 unspecified atom stereocenters. The number of nitrogens with two attached hydrogens (primary N) is 1. The zero-order chi connectivity index (χ0) is 13.8. The van der Waals surface area contributed by atoms with Gasteiger partial charge in [0.2, 0.25) is 5.91 Å². The van der Waals surface area contributed by atoms with Crippen molar-refractivity contribution in [1.29, 1.82) is 0 Å². The van der Waals surface area contributed by atoms with Crippen molar-refractivity contribution in [2.75, 3.05) is 0 Å². The van der Waals surface area contributed by atoms with E-state index in [9.17, 15) is 4.79 Å². The van der Waals surface area contributed by atoms with Crippen molar-refractivity contribution >= 4 is 30.7 Å². The molecule has 1 amide bonds. The second-order valence-electron chi connectivity index (χ2n) is 4.34. The number of nitrogens with zero attached hydrogens (tertiary/aromatic N) is 3. The molecule has 2 aromatic rings. The van der Waals surface area contributed by atoms with Crippen molar-refractivity contribution in [3.63, 3.8) is 0 Å². The zero-order valence-corrected chi connectivity index (χ0v) is 13.4. The minimum absolute atomic E-state index is 0. The predicted octanol–water partition coefficient (Wildman–Crippen LogP) is 1.38. The molecule has 0 aliphatic heterocycles. The number of imidazole rings is 1. The lowest BCUT2D eigenvalue weighted by Gasteiger charge is -2.12. The van der Waals surface area contributed by atoms with Gasteiger partial charge in [0, 0.05) is 30.7 Å². The number of hydrogen-bond donors (Lipinski definition) is 2. The first-order chi connectivity index (χ1) is 9.09. The Labute approximate surface area is 136 Å². The van der Waals surface area contributed by atoms with E-state index in [4.69, 9.17) is 5.73 Å². The van der Waals surface area contributed by atoms with Gasteiger partial charge in [-0.05, 0) is 19.9 Å². The molecule has 1 atom stereocenters. The summed E-state index contributed by atoms with van der Waals surface area (Å²) in [5.74, 6) is 1.43. The summed E-state index contributed by atoms with van der Waals surface area (Å²) in [6.45, 7) is 3.94. The highest BCUT2D eigenvalue weighted by Crippen LogP contribution is 2.12. The van der Waals surface area contributed by atoms with Crippen LogP contribution in [0.4, 0.5) is 0 Å². The van der Waals surface area contributed by atoms with Crippen LogP contribution in [0, 0.1) is 6.92 Å². The van der Waals surface area contributed by atoms with Crippen molar-refractivity contribution in [3.05, 3.63) is 42.1 Å². The standard InChI is InChI=1S/C13H17N5O.2ClH/c1-9(14)13(19)17-8-11-4-3-5-16-12(11)18-7-6-15-10(18)2;;/h3-7,9H,8,14H2,1-2H3,(H,17,19);2*1H/t9-;;/m1../s1. The fraction of sp³-hybridized carbons (Fsp3) is 0.308. The van der Waals surface area contributed by atoms with Gasteiger partial charge in [0.15, 0.2) is 0 Å². The Morgan fingerprint density at radius 3 is 2.67 bits per heavy atom. The molecule has 2 rings (SSSR count). The third-order valence-electron chi connectivity index (χ3n) is 2.79. The zero-order valence-electron chi connectivity index (χ0n) is 11.8. The molecule has 8 heteroatoms. The molecule has 2 heterocycles. The molecule has 0 spiro atoms. The summed E-state index contributed by atoms with van der Waals surface area (Å²) < 4.78 is 1.88. The van der Waals surface area contributed by atoms with Crippen LogP contribution in [0.1, 0.15) is 18.3 Å². The van der Waals surface area contributed by atoms with Crippen LogP contribution < -0.4 is 11.1 Å². The number of halogens is 2. The number of aryl methyl sites for hydroxylation is 1. The summed E-state index contributed by atoms with van der Waals surface area (Å²) in [4.78, 5) is 20.0. The minimum Gasteiger partial charge on any atom is -0.351 e. The summed E-state index contributed by atoms with van der Waals surface area (Å²) >= 11 is 0. The van der Waals surface area contributed by atoms with E-state index in [2.05, 4.69) is 15.3 Å². The third-order valence-corrected chi connectivity index (χ3v) is 2.79. The molecule has 0 aromatic carbocycles. The number of pyridine rings is 1. The van der Waals surface area contributed by atoms with Crippen LogP contribution in [0.5, 0.6) is 0 Å². The summed E-state index contributed by atoms with van der Waals surface area (Å²) in [7, 11) is 0. The van der Waals surface area contributed by atoms with Gasteiger partial charge in [0.05, 0.1) is 6.04 Å². The van der Waals surface area contributed by atoms with Crippen LogP contribution in [0.15, 0.2) is 30.7 Å². The second-order valence-corrected chi connectivity index (χ2v) is 4.34. The number of amides is 1. The van der Waals surface area contributed by atoms with Crippen molar-refractivity contribution < 1.29 is 4.79 Å². The average molecular weight is 332 g/mol. The summed E-state index contributed by atoms with van der Waals surface area (Å²) in [6, 6.07) is 3.24. The normalized spacial score (nSPS) is 11.0. The fourth-order valence-electron chi connectivity index (χ4n) is 1.73. The number of rotatable bonds is 4. The lowest BCUT2D eigenvalue weighted by molar-refractivity contribution is -0.122. The van der Waals surface area contributed by atoms with Crippen LogP contribution in [0.3, 0.4) is 0 Å². The fourth-order valence-corrected chi connectivity index (χ4v) is 1.73. The van der Waals surface area contributed by atoms with E-state index in [0.717, 1.165) is 17.2 Å². The van der Waals surface area contributed by atoms with Gasteiger partial charge < -0.3 is 11.1 Å².